The molecule has 1 aromatic heterocycles. The number of piperidine rings is 1. The minimum absolute atomic E-state index is 0.194. The predicted octanol–water partition coefficient (Wildman–Crippen LogP) is 4.50. The molecule has 1 N–H and O–H groups in total. The van der Waals surface area contributed by atoms with E-state index in [1.807, 2.05) is 12.1 Å². The van der Waals surface area contributed by atoms with Gasteiger partial charge in [-0.15, -0.1) is 0 Å². The van der Waals surface area contributed by atoms with Gasteiger partial charge in [0.05, 0.1) is 24.4 Å². The highest BCUT2D eigenvalue weighted by Gasteiger charge is 2.52. The summed E-state index contributed by atoms with van der Waals surface area (Å²) in [5.41, 5.74) is 5.52. The average Bonchev–Trinajstić information content (AvgIpc) is 3.36. The van der Waals surface area contributed by atoms with Gasteiger partial charge in [-0.25, -0.2) is 0 Å². The summed E-state index contributed by atoms with van der Waals surface area (Å²) in [5, 5.41) is 17.1. The fourth-order valence-corrected chi connectivity index (χ4v) is 8.16. The normalized spacial score (nSPS) is 26.3. The SMILES string of the molecule is CC[C@]12CCCN3CCc4c(n(c5ccccc45)/C(=N\OCC(O)CN4CCN(c5ccccc5OC)CC4)C1)[C@@H]32. The van der Waals surface area contributed by atoms with Gasteiger partial charge >= 0.3 is 0 Å². The third-order valence-corrected chi connectivity index (χ3v) is 10.2. The zero-order valence-electron chi connectivity index (χ0n) is 24.5. The molecule has 3 atom stereocenters. The Labute approximate surface area is 243 Å². The Hall–Kier alpha value is -3.07. The summed E-state index contributed by atoms with van der Waals surface area (Å²) in [6.07, 6.45) is 5.03. The number of aliphatic hydroxyl groups excluding tert-OH is 1. The first-order chi connectivity index (χ1) is 20.1. The maximum Gasteiger partial charge on any atom is 0.153 e. The largest absolute Gasteiger partial charge is 0.495 e. The van der Waals surface area contributed by atoms with E-state index in [2.05, 4.69) is 62.6 Å². The molecule has 5 heterocycles. The highest BCUT2D eigenvalue weighted by molar-refractivity contribution is 6.00. The van der Waals surface area contributed by atoms with Crippen LogP contribution >= 0.6 is 0 Å². The van der Waals surface area contributed by atoms with E-state index in [0.717, 1.165) is 69.3 Å². The van der Waals surface area contributed by atoms with Crippen molar-refractivity contribution in [1.82, 2.24) is 14.4 Å². The Morgan fingerprint density at radius 1 is 1.02 bits per heavy atom. The van der Waals surface area contributed by atoms with Crippen molar-refractivity contribution in [2.75, 3.05) is 64.4 Å². The van der Waals surface area contributed by atoms with Gasteiger partial charge in [0.15, 0.2) is 5.84 Å². The number of aliphatic hydroxyl groups is 1. The smallest absolute Gasteiger partial charge is 0.153 e. The molecule has 0 aliphatic carbocycles. The highest BCUT2D eigenvalue weighted by atomic mass is 16.6. The summed E-state index contributed by atoms with van der Waals surface area (Å²) in [6.45, 7) is 9.06. The molecular weight excluding hydrogens is 514 g/mol. The van der Waals surface area contributed by atoms with Crippen molar-refractivity contribution in [3.05, 3.63) is 59.8 Å². The van der Waals surface area contributed by atoms with Crippen molar-refractivity contribution in [2.24, 2.45) is 10.6 Å². The van der Waals surface area contributed by atoms with Crippen molar-refractivity contribution in [3.63, 3.8) is 0 Å². The summed E-state index contributed by atoms with van der Waals surface area (Å²) in [6, 6.07) is 17.4. The summed E-state index contributed by atoms with van der Waals surface area (Å²) in [7, 11) is 1.72. The number of anilines is 1. The van der Waals surface area contributed by atoms with Crippen LogP contribution in [0.2, 0.25) is 0 Å². The number of hydrogen-bond acceptors (Lipinski definition) is 7. The van der Waals surface area contributed by atoms with E-state index < -0.39 is 6.10 Å². The van der Waals surface area contributed by atoms with Crippen LogP contribution in [0.15, 0.2) is 53.7 Å². The van der Waals surface area contributed by atoms with Gasteiger partial charge < -0.3 is 19.6 Å². The van der Waals surface area contributed by atoms with Crippen molar-refractivity contribution in [1.29, 1.82) is 0 Å². The Bertz CT molecular complexity index is 1430. The number of piperazine rings is 1. The second kappa shape index (κ2) is 11.0. The van der Waals surface area contributed by atoms with Gasteiger partial charge in [0.2, 0.25) is 0 Å². The quantitative estimate of drug-likeness (QED) is 0.412. The molecule has 218 valence electrons. The highest BCUT2D eigenvalue weighted by Crippen LogP contribution is 2.57. The number of methoxy groups -OCH3 is 1. The zero-order chi connectivity index (χ0) is 28.0. The van der Waals surface area contributed by atoms with Crippen LogP contribution in [0.1, 0.15) is 49.9 Å². The summed E-state index contributed by atoms with van der Waals surface area (Å²) >= 11 is 0. The molecule has 0 bridgehead atoms. The summed E-state index contributed by atoms with van der Waals surface area (Å²) in [5.74, 6) is 1.91. The molecular formula is C33H43N5O3. The van der Waals surface area contributed by atoms with Gasteiger partial charge in [-0.05, 0) is 61.4 Å². The van der Waals surface area contributed by atoms with E-state index in [0.29, 0.717) is 12.6 Å². The molecule has 0 radical (unpaired) electrons. The number of hydrogen-bond donors (Lipinski definition) is 1. The molecule has 1 unspecified atom stereocenters. The molecule has 7 rings (SSSR count). The van der Waals surface area contributed by atoms with Crippen LogP contribution in [0.4, 0.5) is 5.69 Å². The Kier molecular flexibility index (Phi) is 7.17. The number of oxime groups is 1. The molecule has 4 aliphatic rings. The standard InChI is InChI=1S/C33H43N5O3/c1-3-33-14-8-15-37-16-13-26-25-9-4-5-10-27(25)38(31(26)32(33)37)30(21-33)34-41-23-24(39)22-35-17-19-36(20-18-35)28-11-6-7-12-29(28)40-2/h4-7,9-12,24,32,39H,3,8,13-23H2,1-2H3/b34-30-/t24?,32-,33+/m1/s1. The second-order valence-corrected chi connectivity index (χ2v) is 12.3. The number of benzene rings is 2. The lowest BCUT2D eigenvalue weighted by Crippen LogP contribution is -2.53. The molecule has 4 aliphatic heterocycles. The molecule has 2 aromatic carbocycles. The summed E-state index contributed by atoms with van der Waals surface area (Å²) in [4.78, 5) is 13.4. The van der Waals surface area contributed by atoms with Gasteiger partial charge in [0.25, 0.3) is 0 Å². The van der Waals surface area contributed by atoms with Crippen LogP contribution < -0.4 is 9.64 Å². The van der Waals surface area contributed by atoms with Crippen LogP contribution in [0.5, 0.6) is 5.75 Å². The lowest BCUT2D eigenvalue weighted by atomic mass is 9.64. The first-order valence-electron chi connectivity index (χ1n) is 15.5. The van der Waals surface area contributed by atoms with E-state index >= 15 is 0 Å². The number of para-hydroxylation sites is 3. The average molecular weight is 558 g/mol. The van der Waals surface area contributed by atoms with Crippen LogP contribution in [-0.2, 0) is 11.3 Å². The lowest BCUT2D eigenvalue weighted by Gasteiger charge is -2.55. The first kappa shape index (κ1) is 26.8. The number of β-amino-alcohol motifs (C(OH)–C–C–N with tert-alkyl or cyclic N) is 1. The molecule has 0 saturated carbocycles. The zero-order valence-corrected chi connectivity index (χ0v) is 24.5. The van der Waals surface area contributed by atoms with Crippen molar-refractivity contribution < 1.29 is 14.7 Å². The molecule has 8 heteroatoms. The molecule has 2 saturated heterocycles. The molecule has 2 fully saturated rings. The van der Waals surface area contributed by atoms with Gasteiger partial charge in [-0.1, -0.05) is 42.4 Å². The molecule has 8 nitrogen and oxygen atoms in total. The Morgan fingerprint density at radius 2 is 1.83 bits per heavy atom. The van der Waals surface area contributed by atoms with Gasteiger partial charge in [0.1, 0.15) is 18.5 Å². The minimum Gasteiger partial charge on any atom is -0.495 e. The van der Waals surface area contributed by atoms with Crippen molar-refractivity contribution >= 4 is 22.4 Å². The number of nitrogens with zero attached hydrogens (tertiary/aromatic N) is 5. The van der Waals surface area contributed by atoms with Crippen molar-refractivity contribution in [3.8, 4) is 5.75 Å². The molecule has 41 heavy (non-hydrogen) atoms. The Balaban J connectivity index is 1.05. The maximum atomic E-state index is 10.9. The molecule has 0 amide bonds. The van der Waals surface area contributed by atoms with E-state index in [1.165, 1.54) is 41.5 Å². The third-order valence-electron chi connectivity index (χ3n) is 10.2. The van der Waals surface area contributed by atoms with Crippen LogP contribution in [-0.4, -0.2) is 90.9 Å². The van der Waals surface area contributed by atoms with E-state index in [-0.39, 0.29) is 12.0 Å². The van der Waals surface area contributed by atoms with Gasteiger partial charge in [-0.2, -0.15) is 0 Å². The van der Waals surface area contributed by atoms with E-state index in [4.69, 9.17) is 14.7 Å². The maximum absolute atomic E-state index is 10.9. The number of ether oxygens (including phenoxy) is 1. The van der Waals surface area contributed by atoms with E-state index in [1.54, 1.807) is 7.11 Å². The number of rotatable bonds is 8. The third kappa shape index (κ3) is 4.60. The van der Waals surface area contributed by atoms with Crippen LogP contribution in [0.3, 0.4) is 0 Å². The number of aromatic nitrogens is 1. The van der Waals surface area contributed by atoms with Crippen LogP contribution in [0.25, 0.3) is 10.9 Å². The topological polar surface area (TPSA) is 65.7 Å². The second-order valence-electron chi connectivity index (χ2n) is 12.3. The lowest BCUT2D eigenvalue weighted by molar-refractivity contribution is -0.00749. The fourth-order valence-electron chi connectivity index (χ4n) is 8.16. The molecule has 0 spiro atoms. The van der Waals surface area contributed by atoms with Crippen molar-refractivity contribution in [2.45, 2.75) is 51.2 Å². The first-order valence-corrected chi connectivity index (χ1v) is 15.5. The van der Waals surface area contributed by atoms with Gasteiger partial charge in [-0.3, -0.25) is 14.4 Å². The van der Waals surface area contributed by atoms with Crippen LogP contribution in [0, 0.1) is 5.41 Å². The minimum atomic E-state index is -0.589. The Morgan fingerprint density at radius 3 is 2.66 bits per heavy atom. The van der Waals surface area contributed by atoms with E-state index in [9.17, 15) is 5.11 Å². The van der Waals surface area contributed by atoms with Gasteiger partial charge in [0, 0.05) is 56.8 Å². The monoisotopic (exact) mass is 557 g/mol. The summed E-state index contributed by atoms with van der Waals surface area (Å²) < 4.78 is 7.96. The predicted molar refractivity (Wildman–Crippen MR) is 163 cm³/mol. The fraction of sp³-hybridized carbons (Fsp3) is 0.545. The number of fused-ring (bicyclic) bond motifs is 3. The molecule has 3 aromatic rings.